The zero-order valence-electron chi connectivity index (χ0n) is 14.3. The zero-order valence-corrected chi connectivity index (χ0v) is 14.3. The highest BCUT2D eigenvalue weighted by Crippen LogP contribution is 2.35. The molecule has 1 aliphatic heterocycles. The summed E-state index contributed by atoms with van der Waals surface area (Å²) in [5.41, 5.74) is 2.38. The molecule has 132 valence electrons. The summed E-state index contributed by atoms with van der Waals surface area (Å²) in [6, 6.07) is 15.6. The van der Waals surface area contributed by atoms with Crippen molar-refractivity contribution in [2.24, 2.45) is 0 Å². The molecular formula is C20H23NO4. The molecule has 1 unspecified atom stereocenters. The van der Waals surface area contributed by atoms with Gasteiger partial charge in [-0.05, 0) is 24.6 Å². The fraction of sp³-hybridized carbons (Fsp3) is 0.300. The minimum absolute atomic E-state index is 0.216. The van der Waals surface area contributed by atoms with Crippen LogP contribution >= 0.6 is 0 Å². The van der Waals surface area contributed by atoms with Gasteiger partial charge in [0.2, 0.25) is 6.79 Å². The normalized spacial score (nSPS) is 14.4. The maximum Gasteiger partial charge on any atom is 0.231 e. The summed E-state index contributed by atoms with van der Waals surface area (Å²) < 4.78 is 16.2. The highest BCUT2D eigenvalue weighted by atomic mass is 16.7. The van der Waals surface area contributed by atoms with Gasteiger partial charge in [0.25, 0.3) is 0 Å². The van der Waals surface area contributed by atoms with Crippen LogP contribution in [0, 0.1) is 0 Å². The van der Waals surface area contributed by atoms with Gasteiger partial charge < -0.3 is 24.6 Å². The molecule has 3 rings (SSSR count). The van der Waals surface area contributed by atoms with Crippen LogP contribution in [-0.2, 0) is 0 Å². The monoisotopic (exact) mass is 341 g/mol. The van der Waals surface area contributed by atoms with E-state index in [2.05, 4.69) is 30.4 Å². The third kappa shape index (κ3) is 5.24. The Morgan fingerprint density at radius 1 is 1.20 bits per heavy atom. The lowest BCUT2D eigenvalue weighted by atomic mass is 10.1. The van der Waals surface area contributed by atoms with Crippen LogP contribution in [0.15, 0.2) is 54.1 Å². The molecule has 0 fully saturated rings. The van der Waals surface area contributed by atoms with Crippen LogP contribution in [0.5, 0.6) is 17.2 Å². The molecule has 0 saturated carbocycles. The van der Waals surface area contributed by atoms with Gasteiger partial charge in [-0.3, -0.25) is 0 Å². The number of hydrogen-bond acceptors (Lipinski definition) is 5. The van der Waals surface area contributed by atoms with Crippen LogP contribution < -0.4 is 19.5 Å². The van der Waals surface area contributed by atoms with Crippen molar-refractivity contribution in [3.63, 3.8) is 0 Å². The van der Waals surface area contributed by atoms with Crippen molar-refractivity contribution in [3.8, 4) is 17.2 Å². The van der Waals surface area contributed by atoms with Gasteiger partial charge in [-0.1, -0.05) is 42.0 Å². The number of aliphatic hydroxyl groups excluding tert-OH is 1. The van der Waals surface area contributed by atoms with E-state index in [-0.39, 0.29) is 13.4 Å². The third-order valence-corrected chi connectivity index (χ3v) is 3.78. The number of rotatable bonds is 8. The van der Waals surface area contributed by atoms with Gasteiger partial charge in [0.1, 0.15) is 18.5 Å². The first-order valence-electron chi connectivity index (χ1n) is 8.34. The van der Waals surface area contributed by atoms with E-state index in [1.807, 2.05) is 18.2 Å². The van der Waals surface area contributed by atoms with E-state index in [0.717, 1.165) is 12.3 Å². The van der Waals surface area contributed by atoms with E-state index in [4.69, 9.17) is 14.2 Å². The SMILES string of the molecule is C/C(=C/c1ccccc1)CNCC(O)COc1ccc2c(c1)OCO2. The van der Waals surface area contributed by atoms with Crippen LogP contribution in [-0.4, -0.2) is 37.7 Å². The molecule has 25 heavy (non-hydrogen) atoms. The molecule has 0 amide bonds. The van der Waals surface area contributed by atoms with Gasteiger partial charge in [-0.25, -0.2) is 0 Å². The standard InChI is InChI=1S/C20H23NO4/c1-15(9-16-5-3-2-4-6-16)11-21-12-17(22)13-23-18-7-8-19-20(10-18)25-14-24-19/h2-10,17,21-22H,11-14H2,1H3/b15-9-. The Morgan fingerprint density at radius 2 is 2.00 bits per heavy atom. The maximum absolute atomic E-state index is 10.0. The molecule has 0 aliphatic carbocycles. The summed E-state index contributed by atoms with van der Waals surface area (Å²) >= 11 is 0. The summed E-state index contributed by atoms with van der Waals surface area (Å²) in [5, 5.41) is 13.3. The Kier molecular flexibility index (Phi) is 5.93. The van der Waals surface area contributed by atoms with Crippen LogP contribution in [0.3, 0.4) is 0 Å². The summed E-state index contributed by atoms with van der Waals surface area (Å²) in [7, 11) is 0. The predicted molar refractivity (Wildman–Crippen MR) is 97.0 cm³/mol. The maximum atomic E-state index is 10.0. The molecule has 0 radical (unpaired) electrons. The topological polar surface area (TPSA) is 60.0 Å². The Morgan fingerprint density at radius 3 is 2.84 bits per heavy atom. The Balaban J connectivity index is 1.38. The van der Waals surface area contributed by atoms with Gasteiger partial charge in [0.05, 0.1) is 0 Å². The lowest BCUT2D eigenvalue weighted by Crippen LogP contribution is -2.32. The summed E-state index contributed by atoms with van der Waals surface area (Å²) in [4.78, 5) is 0. The smallest absolute Gasteiger partial charge is 0.231 e. The van der Waals surface area contributed by atoms with Crippen molar-refractivity contribution >= 4 is 6.08 Å². The van der Waals surface area contributed by atoms with E-state index < -0.39 is 6.10 Å². The molecule has 0 saturated heterocycles. The van der Waals surface area contributed by atoms with E-state index in [9.17, 15) is 5.11 Å². The van der Waals surface area contributed by atoms with Crippen molar-refractivity contribution in [1.29, 1.82) is 0 Å². The first kappa shape index (κ1) is 17.3. The quantitative estimate of drug-likeness (QED) is 0.773. The molecule has 2 aromatic rings. The van der Waals surface area contributed by atoms with Gasteiger partial charge in [0.15, 0.2) is 11.5 Å². The second-order valence-electron chi connectivity index (χ2n) is 6.01. The van der Waals surface area contributed by atoms with Crippen molar-refractivity contribution < 1.29 is 19.3 Å². The number of fused-ring (bicyclic) bond motifs is 1. The summed E-state index contributed by atoms with van der Waals surface area (Å²) in [5.74, 6) is 2.05. The number of hydrogen-bond donors (Lipinski definition) is 2. The van der Waals surface area contributed by atoms with Gasteiger partial charge in [0, 0.05) is 19.2 Å². The highest BCUT2D eigenvalue weighted by molar-refractivity contribution is 5.52. The number of aliphatic hydroxyl groups is 1. The second kappa shape index (κ2) is 8.55. The molecule has 1 atom stereocenters. The van der Waals surface area contributed by atoms with Crippen LogP contribution in [0.2, 0.25) is 0 Å². The minimum Gasteiger partial charge on any atom is -0.491 e. The molecule has 2 N–H and O–H groups in total. The molecule has 0 spiro atoms. The molecule has 0 aromatic heterocycles. The summed E-state index contributed by atoms with van der Waals surface area (Å²) in [6.07, 6.45) is 1.54. The molecule has 5 heteroatoms. The largest absolute Gasteiger partial charge is 0.491 e. The summed E-state index contributed by atoms with van der Waals surface area (Å²) in [6.45, 7) is 3.70. The minimum atomic E-state index is -0.588. The van der Waals surface area contributed by atoms with Crippen LogP contribution in [0.25, 0.3) is 6.08 Å². The Hall–Kier alpha value is -2.50. The zero-order chi connectivity index (χ0) is 17.5. The van der Waals surface area contributed by atoms with Crippen molar-refractivity contribution in [3.05, 3.63) is 59.7 Å². The average molecular weight is 341 g/mol. The average Bonchev–Trinajstić information content (AvgIpc) is 3.08. The second-order valence-corrected chi connectivity index (χ2v) is 6.01. The van der Waals surface area contributed by atoms with Gasteiger partial charge in [-0.2, -0.15) is 0 Å². The van der Waals surface area contributed by atoms with Gasteiger partial charge >= 0.3 is 0 Å². The van der Waals surface area contributed by atoms with E-state index in [1.54, 1.807) is 18.2 Å². The highest BCUT2D eigenvalue weighted by Gasteiger charge is 2.14. The van der Waals surface area contributed by atoms with Gasteiger partial charge in [-0.15, -0.1) is 0 Å². The Labute approximate surface area is 147 Å². The number of benzene rings is 2. The van der Waals surface area contributed by atoms with Crippen molar-refractivity contribution in [1.82, 2.24) is 5.32 Å². The lowest BCUT2D eigenvalue weighted by Gasteiger charge is -2.14. The van der Waals surface area contributed by atoms with E-state index in [0.29, 0.717) is 18.0 Å². The molecular weight excluding hydrogens is 318 g/mol. The molecule has 2 aromatic carbocycles. The van der Waals surface area contributed by atoms with Crippen LogP contribution in [0.1, 0.15) is 12.5 Å². The fourth-order valence-corrected chi connectivity index (χ4v) is 2.54. The fourth-order valence-electron chi connectivity index (χ4n) is 2.54. The molecule has 5 nitrogen and oxygen atoms in total. The lowest BCUT2D eigenvalue weighted by molar-refractivity contribution is 0.107. The number of ether oxygens (including phenoxy) is 3. The van der Waals surface area contributed by atoms with Crippen LogP contribution in [0.4, 0.5) is 0 Å². The molecule has 1 heterocycles. The van der Waals surface area contributed by atoms with E-state index in [1.165, 1.54) is 11.1 Å². The third-order valence-electron chi connectivity index (χ3n) is 3.78. The van der Waals surface area contributed by atoms with Crippen molar-refractivity contribution in [2.45, 2.75) is 13.0 Å². The molecule has 0 bridgehead atoms. The number of nitrogens with one attached hydrogen (secondary N) is 1. The first-order valence-corrected chi connectivity index (χ1v) is 8.34. The first-order chi connectivity index (χ1) is 12.2. The van der Waals surface area contributed by atoms with Crippen molar-refractivity contribution in [2.75, 3.05) is 26.5 Å². The Bertz CT molecular complexity index is 715. The molecule has 1 aliphatic rings. The van der Waals surface area contributed by atoms with E-state index >= 15 is 0 Å². The predicted octanol–water partition coefficient (Wildman–Crippen LogP) is 2.85.